The Morgan fingerprint density at radius 3 is 1.22 bits per heavy atom. The van der Waals surface area contributed by atoms with Gasteiger partial charge in [0.15, 0.2) is 0 Å². The summed E-state index contributed by atoms with van der Waals surface area (Å²) in [4.78, 5) is 0. The van der Waals surface area contributed by atoms with Gasteiger partial charge in [-0.1, -0.05) is 26.2 Å². The average molecular weight is 466 g/mol. The molecule has 0 aliphatic carbocycles. The predicted molar refractivity (Wildman–Crippen MR) is 89.9 cm³/mol. The van der Waals surface area contributed by atoms with Crippen molar-refractivity contribution in [1.82, 2.24) is 0 Å². The van der Waals surface area contributed by atoms with E-state index in [4.69, 9.17) is 8.65 Å². The summed E-state index contributed by atoms with van der Waals surface area (Å²) in [5.41, 5.74) is 0. The summed E-state index contributed by atoms with van der Waals surface area (Å²) in [6, 6.07) is 0. The molecule has 0 aliphatic rings. The second kappa shape index (κ2) is 18.1. The average Bonchev–Trinajstić information content (AvgIpc) is 2.39. The van der Waals surface area contributed by atoms with Gasteiger partial charge in [-0.25, -0.2) is 0 Å². The van der Waals surface area contributed by atoms with Crippen molar-refractivity contribution in [3.05, 3.63) is 0 Å². The first kappa shape index (κ1) is 19.1. The van der Waals surface area contributed by atoms with Gasteiger partial charge in [-0.05, 0) is 0 Å². The number of rotatable bonds is 15. The van der Waals surface area contributed by atoms with Crippen molar-refractivity contribution in [2.75, 3.05) is 0 Å². The van der Waals surface area contributed by atoms with Crippen LogP contribution in [0.3, 0.4) is 0 Å². The standard InChI is InChI=1S/C16H33.Pb.S.H/c1-3-5-7-9-11-13-15-16-14-12-10-8-6-4-2;;;/h1,3-16H2,2H3;;;. The summed E-state index contributed by atoms with van der Waals surface area (Å²) < 4.78 is 1.47. The first-order chi connectivity index (χ1) is 8.91. The van der Waals surface area contributed by atoms with Crippen LogP contribution in [0.15, 0.2) is 0 Å². The SMILES string of the molecule is CCCCCCCCCCCCCCC[CH2][PbH]=[S]. The zero-order valence-electron chi connectivity index (χ0n) is 12.6. The maximum absolute atomic E-state index is 5.15. The molecule has 0 heterocycles. The fourth-order valence-electron chi connectivity index (χ4n) is 2.42. The molecule has 2 heteroatoms. The molecule has 0 N–H and O–H groups in total. The first-order valence-corrected chi connectivity index (χ1v) is 17.5. The molecular formula is C16H34PbS. The number of unbranched alkanes of at least 4 members (excludes halogenated alkanes) is 13. The first-order valence-electron chi connectivity index (χ1n) is 8.35. The number of hydrogen-bond donors (Lipinski definition) is 0. The van der Waals surface area contributed by atoms with Gasteiger partial charge < -0.3 is 0 Å². The Hall–Kier alpha value is 1.14. The Bertz CT molecular complexity index is 159. The van der Waals surface area contributed by atoms with Gasteiger partial charge in [0.05, 0.1) is 0 Å². The summed E-state index contributed by atoms with van der Waals surface area (Å²) >= 11 is -0.575. The van der Waals surface area contributed by atoms with Crippen molar-refractivity contribution in [1.29, 1.82) is 0 Å². The topological polar surface area (TPSA) is 0 Å². The summed E-state index contributed by atoms with van der Waals surface area (Å²) in [6.45, 7) is 2.29. The van der Waals surface area contributed by atoms with Crippen molar-refractivity contribution < 1.29 is 0 Å². The van der Waals surface area contributed by atoms with Gasteiger partial charge in [0, 0.05) is 0 Å². The Morgan fingerprint density at radius 1 is 0.556 bits per heavy atom. The third-order valence-electron chi connectivity index (χ3n) is 3.68. The fourth-order valence-corrected chi connectivity index (χ4v) is 5.65. The Labute approximate surface area is 131 Å². The van der Waals surface area contributed by atoms with E-state index in [0.717, 1.165) is 0 Å². The zero-order chi connectivity index (χ0) is 13.3. The maximum atomic E-state index is 5.15. The summed E-state index contributed by atoms with van der Waals surface area (Å²) in [5, 5.41) is 0. The molecule has 0 fully saturated rings. The molecule has 0 rings (SSSR count). The Kier molecular flexibility index (Phi) is 19.3. The minimum absolute atomic E-state index is 0.575. The summed E-state index contributed by atoms with van der Waals surface area (Å²) in [6.07, 6.45) is 20.5. The summed E-state index contributed by atoms with van der Waals surface area (Å²) in [7, 11) is 5.15. The van der Waals surface area contributed by atoms with E-state index in [1.807, 2.05) is 0 Å². The van der Waals surface area contributed by atoms with Crippen LogP contribution in [0.25, 0.3) is 0 Å². The monoisotopic (exact) mass is 466 g/mol. The van der Waals surface area contributed by atoms with Crippen LogP contribution in [0.4, 0.5) is 0 Å². The van der Waals surface area contributed by atoms with E-state index in [1.165, 1.54) is 93.9 Å². The van der Waals surface area contributed by atoms with Crippen molar-refractivity contribution in [3.63, 3.8) is 0 Å². The molecule has 0 spiro atoms. The molecule has 0 aliphatic heterocycles. The molecule has 0 amide bonds. The molecule has 0 saturated heterocycles. The Morgan fingerprint density at radius 2 is 0.889 bits per heavy atom. The van der Waals surface area contributed by atoms with Crippen LogP contribution < -0.4 is 0 Å². The van der Waals surface area contributed by atoms with E-state index in [0.29, 0.717) is 0 Å². The van der Waals surface area contributed by atoms with E-state index in [9.17, 15) is 0 Å². The molecule has 0 saturated carbocycles. The van der Waals surface area contributed by atoms with Gasteiger partial charge in [0.25, 0.3) is 0 Å². The van der Waals surface area contributed by atoms with E-state index in [2.05, 4.69) is 6.92 Å². The van der Waals surface area contributed by atoms with Gasteiger partial charge in [-0.15, -0.1) is 0 Å². The van der Waals surface area contributed by atoms with Crippen LogP contribution in [0.5, 0.6) is 0 Å². The van der Waals surface area contributed by atoms with E-state index < -0.39 is 22.2 Å². The van der Waals surface area contributed by atoms with Crippen LogP contribution in [0.1, 0.15) is 96.8 Å². The van der Waals surface area contributed by atoms with E-state index >= 15 is 0 Å². The molecule has 0 aromatic carbocycles. The van der Waals surface area contributed by atoms with Gasteiger partial charge in [0.2, 0.25) is 0 Å². The van der Waals surface area contributed by atoms with Crippen LogP contribution >= 0.6 is 8.65 Å². The van der Waals surface area contributed by atoms with Gasteiger partial charge in [-0.2, -0.15) is 0 Å². The van der Waals surface area contributed by atoms with Crippen molar-refractivity contribution in [2.45, 2.75) is 101 Å². The van der Waals surface area contributed by atoms with Crippen molar-refractivity contribution in [2.24, 2.45) is 0 Å². The third kappa shape index (κ3) is 17.1. The fraction of sp³-hybridized carbons (Fsp3) is 1.00. The quantitative estimate of drug-likeness (QED) is 0.198. The molecule has 0 unspecified atom stereocenters. The Balaban J connectivity index is 2.88. The molecular weight excluding hydrogens is 431 g/mol. The van der Waals surface area contributed by atoms with Gasteiger partial charge in [0.1, 0.15) is 0 Å². The van der Waals surface area contributed by atoms with E-state index in [-0.39, 0.29) is 0 Å². The third-order valence-corrected chi connectivity index (χ3v) is 8.25. The van der Waals surface area contributed by atoms with Gasteiger partial charge >= 0.3 is 105 Å². The van der Waals surface area contributed by atoms with Crippen LogP contribution in [0, 0.1) is 0 Å². The molecule has 0 nitrogen and oxygen atoms in total. The van der Waals surface area contributed by atoms with Crippen molar-refractivity contribution >= 4 is 30.8 Å². The van der Waals surface area contributed by atoms with E-state index in [1.54, 1.807) is 0 Å². The molecule has 0 aromatic heterocycles. The van der Waals surface area contributed by atoms with Crippen molar-refractivity contribution in [3.8, 4) is 0 Å². The van der Waals surface area contributed by atoms with Gasteiger partial charge in [-0.3, -0.25) is 0 Å². The zero-order valence-corrected chi connectivity index (χ0v) is 17.9. The summed E-state index contributed by atoms with van der Waals surface area (Å²) in [5.74, 6) is 0. The number of hydrogen-bond acceptors (Lipinski definition) is 1. The molecule has 0 atom stereocenters. The van der Waals surface area contributed by atoms with Crippen LogP contribution in [-0.2, 0) is 0 Å². The second-order valence-electron chi connectivity index (χ2n) is 5.55. The normalized spacial score (nSPS) is 10.7. The molecule has 18 heavy (non-hydrogen) atoms. The molecule has 0 aromatic rings. The molecule has 0 bridgehead atoms. The molecule has 0 radical (unpaired) electrons. The molecule has 108 valence electrons. The second-order valence-corrected chi connectivity index (χ2v) is 12.0. The van der Waals surface area contributed by atoms with Crippen LogP contribution in [-0.4, -0.2) is 22.2 Å². The minimum atomic E-state index is -0.575. The predicted octanol–water partition coefficient (Wildman–Crippen LogP) is 6.44. The van der Waals surface area contributed by atoms with Crippen LogP contribution in [0.2, 0.25) is 3.98 Å².